The first-order valence-corrected chi connectivity index (χ1v) is 7.27. The topological polar surface area (TPSA) is 110 Å². The average molecular weight is 369 g/mol. The van der Waals surface area contributed by atoms with Crippen molar-refractivity contribution < 1.29 is 30.3 Å². The summed E-state index contributed by atoms with van der Waals surface area (Å²) in [7, 11) is 0. The van der Waals surface area contributed by atoms with Crippen LogP contribution in [0.25, 0.3) is 0 Å². The van der Waals surface area contributed by atoms with Gasteiger partial charge in [-0.25, -0.2) is 0 Å². The van der Waals surface area contributed by atoms with Gasteiger partial charge in [-0.3, -0.25) is 0 Å². The van der Waals surface area contributed by atoms with Crippen molar-refractivity contribution in [1.82, 2.24) is 0 Å². The molecule has 0 spiro atoms. The molecule has 0 aliphatic carbocycles. The van der Waals surface area contributed by atoms with Crippen molar-refractivity contribution in [1.29, 1.82) is 0 Å². The van der Waals surface area contributed by atoms with Crippen LogP contribution in [0, 0.1) is 0 Å². The molecule has 0 fully saturated rings. The number of ether oxygens (including phenoxy) is 1. The van der Waals surface area contributed by atoms with Crippen molar-refractivity contribution in [3.05, 3.63) is 39.9 Å². The van der Waals surface area contributed by atoms with E-state index in [0.717, 1.165) is 0 Å². The highest BCUT2D eigenvalue weighted by atomic mass is 79.9. The number of phenolic OH excluding ortho intramolecular Hbond substituents is 4. The second-order valence-corrected chi connectivity index (χ2v) is 5.89. The predicted molar refractivity (Wildman–Crippen MR) is 80.3 cm³/mol. The van der Waals surface area contributed by atoms with E-state index >= 15 is 0 Å². The van der Waals surface area contributed by atoms with Crippen LogP contribution < -0.4 is 4.74 Å². The van der Waals surface area contributed by atoms with Crippen LogP contribution in [0.2, 0.25) is 0 Å². The Labute approximate surface area is 134 Å². The molecule has 2 aromatic carbocycles. The quantitative estimate of drug-likeness (QED) is 0.494. The summed E-state index contributed by atoms with van der Waals surface area (Å²) in [5.74, 6) is -0.704. The maximum atomic E-state index is 10.3. The SMILES string of the molecule is Oc1ccc(C2Oc3c(Br)c(O)cc(O)c3C[C@H]2O)cc1O. The fourth-order valence-corrected chi connectivity index (χ4v) is 2.94. The van der Waals surface area contributed by atoms with Gasteiger partial charge in [0.15, 0.2) is 17.6 Å². The van der Waals surface area contributed by atoms with Gasteiger partial charge in [-0.05, 0) is 33.6 Å². The largest absolute Gasteiger partial charge is 0.507 e. The molecule has 0 saturated carbocycles. The maximum absolute atomic E-state index is 10.3. The highest BCUT2D eigenvalue weighted by molar-refractivity contribution is 9.10. The van der Waals surface area contributed by atoms with Gasteiger partial charge in [0.1, 0.15) is 21.7 Å². The molecule has 2 aromatic rings. The minimum Gasteiger partial charge on any atom is -0.507 e. The van der Waals surface area contributed by atoms with Crippen LogP contribution in [0.15, 0.2) is 28.7 Å². The fraction of sp³-hybridized carbons (Fsp3) is 0.200. The molecule has 0 bridgehead atoms. The fourth-order valence-electron chi connectivity index (χ4n) is 2.49. The van der Waals surface area contributed by atoms with Crippen LogP contribution in [0.1, 0.15) is 17.2 Å². The van der Waals surface area contributed by atoms with Gasteiger partial charge in [-0.1, -0.05) is 6.07 Å². The Morgan fingerprint density at radius 1 is 0.955 bits per heavy atom. The molecule has 0 aromatic heterocycles. The molecule has 1 heterocycles. The summed E-state index contributed by atoms with van der Waals surface area (Å²) in [5.41, 5.74) is 0.847. The summed E-state index contributed by atoms with van der Waals surface area (Å²) >= 11 is 3.19. The smallest absolute Gasteiger partial charge is 0.157 e. The summed E-state index contributed by atoms with van der Waals surface area (Å²) < 4.78 is 5.99. The lowest BCUT2D eigenvalue weighted by atomic mass is 9.94. The molecule has 3 rings (SSSR count). The van der Waals surface area contributed by atoms with Gasteiger partial charge >= 0.3 is 0 Å². The van der Waals surface area contributed by atoms with Crippen molar-refractivity contribution >= 4 is 15.9 Å². The highest BCUT2D eigenvalue weighted by Crippen LogP contribution is 2.48. The summed E-state index contributed by atoms with van der Waals surface area (Å²) in [6, 6.07) is 5.28. The van der Waals surface area contributed by atoms with Crippen LogP contribution >= 0.6 is 15.9 Å². The first-order chi connectivity index (χ1) is 10.4. The number of hydrogen-bond donors (Lipinski definition) is 5. The van der Waals surface area contributed by atoms with E-state index in [2.05, 4.69) is 15.9 Å². The lowest BCUT2D eigenvalue weighted by Gasteiger charge is -2.32. The zero-order chi connectivity index (χ0) is 16.0. The van der Waals surface area contributed by atoms with E-state index < -0.39 is 12.2 Å². The van der Waals surface area contributed by atoms with E-state index in [-0.39, 0.29) is 39.6 Å². The summed E-state index contributed by atoms with van der Waals surface area (Å²) in [6.07, 6.45) is -1.65. The molecule has 22 heavy (non-hydrogen) atoms. The standard InChI is InChI=1S/C15H13BrO6/c16-13-11(20)5-9(18)7-4-12(21)14(22-15(7)13)6-1-2-8(17)10(19)3-6/h1-3,5,12,14,17-21H,4H2/t12-,14?/m1/s1. The molecule has 0 amide bonds. The Bertz CT molecular complexity index is 745. The lowest BCUT2D eigenvalue weighted by molar-refractivity contribution is 0.0191. The lowest BCUT2D eigenvalue weighted by Crippen LogP contribution is -2.30. The van der Waals surface area contributed by atoms with Crippen molar-refractivity contribution in [3.63, 3.8) is 0 Å². The molecule has 7 heteroatoms. The van der Waals surface area contributed by atoms with E-state index in [1.165, 1.54) is 24.3 Å². The zero-order valence-corrected chi connectivity index (χ0v) is 12.8. The van der Waals surface area contributed by atoms with Gasteiger partial charge < -0.3 is 30.3 Å². The molecule has 1 unspecified atom stereocenters. The van der Waals surface area contributed by atoms with Gasteiger partial charge in [0.05, 0.1) is 6.10 Å². The number of rotatable bonds is 1. The minimum absolute atomic E-state index is 0.117. The Balaban J connectivity index is 2.05. The van der Waals surface area contributed by atoms with E-state index in [9.17, 15) is 25.5 Å². The number of aliphatic hydroxyl groups excluding tert-OH is 1. The second kappa shape index (κ2) is 5.26. The summed E-state index contributed by atoms with van der Waals surface area (Å²) in [4.78, 5) is 0. The van der Waals surface area contributed by atoms with E-state index in [1.807, 2.05) is 0 Å². The molecule has 6 nitrogen and oxygen atoms in total. The van der Waals surface area contributed by atoms with Crippen molar-refractivity contribution in [2.75, 3.05) is 0 Å². The van der Waals surface area contributed by atoms with Gasteiger partial charge in [0, 0.05) is 18.1 Å². The Morgan fingerprint density at radius 3 is 2.36 bits per heavy atom. The van der Waals surface area contributed by atoms with E-state index in [1.54, 1.807) is 0 Å². The molecule has 5 N–H and O–H groups in total. The predicted octanol–water partition coefficient (Wildman–Crippen LogP) is 2.31. The number of hydrogen-bond acceptors (Lipinski definition) is 6. The maximum Gasteiger partial charge on any atom is 0.157 e. The van der Waals surface area contributed by atoms with Gasteiger partial charge in [-0.15, -0.1) is 0 Å². The van der Waals surface area contributed by atoms with E-state index in [4.69, 9.17) is 4.74 Å². The normalized spacial score (nSPS) is 20.3. The minimum atomic E-state index is -0.959. The zero-order valence-electron chi connectivity index (χ0n) is 11.2. The molecular weight excluding hydrogens is 356 g/mol. The number of halogens is 1. The molecular formula is C15H13BrO6. The van der Waals surface area contributed by atoms with Gasteiger partial charge in [0.2, 0.25) is 0 Å². The van der Waals surface area contributed by atoms with Crippen LogP contribution in [0.3, 0.4) is 0 Å². The second-order valence-electron chi connectivity index (χ2n) is 5.09. The third-order valence-electron chi connectivity index (χ3n) is 3.62. The van der Waals surface area contributed by atoms with Crippen molar-refractivity contribution in [2.45, 2.75) is 18.6 Å². The average Bonchev–Trinajstić information content (AvgIpc) is 2.47. The highest BCUT2D eigenvalue weighted by Gasteiger charge is 2.34. The molecule has 116 valence electrons. The Morgan fingerprint density at radius 2 is 1.68 bits per heavy atom. The monoisotopic (exact) mass is 368 g/mol. The van der Waals surface area contributed by atoms with Crippen molar-refractivity contribution in [3.8, 4) is 28.7 Å². The summed E-state index contributed by atoms with van der Waals surface area (Å²) in [6.45, 7) is 0. The molecule has 1 aliphatic rings. The van der Waals surface area contributed by atoms with Gasteiger partial charge in [-0.2, -0.15) is 0 Å². The number of phenols is 4. The van der Waals surface area contributed by atoms with Crippen LogP contribution in [0.4, 0.5) is 0 Å². The Kier molecular flexibility index (Phi) is 3.54. The third-order valence-corrected chi connectivity index (χ3v) is 4.38. The van der Waals surface area contributed by atoms with Crippen LogP contribution in [-0.2, 0) is 6.42 Å². The Hall–Kier alpha value is -2.12. The first kappa shape index (κ1) is 14.8. The van der Waals surface area contributed by atoms with Crippen molar-refractivity contribution in [2.24, 2.45) is 0 Å². The van der Waals surface area contributed by atoms with Crippen LogP contribution in [0.5, 0.6) is 28.7 Å². The van der Waals surface area contributed by atoms with Gasteiger partial charge in [0.25, 0.3) is 0 Å². The molecule has 0 saturated heterocycles. The summed E-state index contributed by atoms with van der Waals surface area (Å²) in [5, 5.41) is 48.8. The molecule has 0 radical (unpaired) electrons. The molecule has 1 aliphatic heterocycles. The van der Waals surface area contributed by atoms with E-state index in [0.29, 0.717) is 11.1 Å². The number of benzene rings is 2. The molecule has 2 atom stereocenters. The third kappa shape index (κ3) is 2.32. The first-order valence-electron chi connectivity index (χ1n) is 6.48. The van der Waals surface area contributed by atoms with Crippen LogP contribution in [-0.4, -0.2) is 31.6 Å². The number of aromatic hydroxyl groups is 4. The number of fused-ring (bicyclic) bond motifs is 1. The number of aliphatic hydroxyl groups is 1.